The van der Waals surface area contributed by atoms with Gasteiger partial charge in [-0.3, -0.25) is 24.2 Å². The van der Waals surface area contributed by atoms with E-state index in [1.807, 2.05) is 31.2 Å². The van der Waals surface area contributed by atoms with Crippen molar-refractivity contribution in [3.8, 4) is 0 Å². The molecule has 230 valence electrons. The number of primary amides is 1. The highest BCUT2D eigenvalue weighted by Crippen LogP contribution is 2.19. The van der Waals surface area contributed by atoms with Gasteiger partial charge in [-0.05, 0) is 43.2 Å². The van der Waals surface area contributed by atoms with Crippen molar-refractivity contribution in [1.82, 2.24) is 20.9 Å². The van der Waals surface area contributed by atoms with E-state index in [1.54, 1.807) is 13.1 Å². The Morgan fingerprint density at radius 1 is 1.00 bits per heavy atom. The van der Waals surface area contributed by atoms with Gasteiger partial charge in [0, 0.05) is 30.1 Å². The Hall–Kier alpha value is -4.46. The highest BCUT2D eigenvalue weighted by molar-refractivity contribution is 5.94. The molecule has 2 rings (SSSR count). The van der Waals surface area contributed by atoms with Crippen LogP contribution >= 0.6 is 0 Å². The summed E-state index contributed by atoms with van der Waals surface area (Å²) in [5.41, 5.74) is 23.9. The molecule has 1 aromatic carbocycles. The van der Waals surface area contributed by atoms with Crippen molar-refractivity contribution in [1.29, 1.82) is 0 Å². The average molecular weight is 586 g/mol. The highest BCUT2D eigenvalue weighted by Gasteiger charge is 2.31. The normalized spacial score (nSPS) is 14.5. The number of nitrogens with one attached hydrogen (secondary N) is 4. The predicted molar refractivity (Wildman–Crippen MR) is 160 cm³/mol. The van der Waals surface area contributed by atoms with Crippen molar-refractivity contribution in [3.63, 3.8) is 0 Å². The summed E-state index contributed by atoms with van der Waals surface area (Å²) in [6, 6.07) is 3.69. The van der Waals surface area contributed by atoms with Gasteiger partial charge in [0.1, 0.15) is 18.4 Å². The molecule has 2 aromatic rings. The number of nitrogens with zero attached hydrogens (tertiary/aromatic N) is 1. The number of carbonyl (C=O) groups excluding carboxylic acids is 5. The molecular formula is C28H43N9O5. The molecule has 0 aliphatic carbocycles. The summed E-state index contributed by atoms with van der Waals surface area (Å²) in [4.78, 5) is 69.3. The molecule has 0 fully saturated rings. The SMILES string of the molecule is CC[C@H](C)[C@H](NC(=O)[C@@H](N)Cc1c[nH]c2ccccc12)C(=O)N[C@@H](CCCN=C(N)N)C(=O)N[C@H](C=O)CCC(N)=O. The minimum atomic E-state index is -1.08. The molecule has 14 nitrogen and oxygen atoms in total. The molecule has 0 bridgehead atoms. The van der Waals surface area contributed by atoms with Crippen LogP contribution in [0.15, 0.2) is 35.5 Å². The molecule has 42 heavy (non-hydrogen) atoms. The van der Waals surface area contributed by atoms with Gasteiger partial charge in [-0.2, -0.15) is 0 Å². The molecule has 14 heteroatoms. The fourth-order valence-corrected chi connectivity index (χ4v) is 4.38. The quantitative estimate of drug-likeness (QED) is 0.0467. The van der Waals surface area contributed by atoms with E-state index in [-0.39, 0.29) is 44.1 Å². The van der Waals surface area contributed by atoms with Gasteiger partial charge >= 0.3 is 0 Å². The van der Waals surface area contributed by atoms with E-state index in [9.17, 15) is 24.0 Å². The molecule has 0 unspecified atom stereocenters. The van der Waals surface area contributed by atoms with E-state index >= 15 is 0 Å². The number of H-pyrrole nitrogens is 1. The molecule has 0 radical (unpaired) electrons. The first-order valence-electron chi connectivity index (χ1n) is 14.0. The van der Waals surface area contributed by atoms with Gasteiger partial charge < -0.3 is 48.7 Å². The molecule has 0 spiro atoms. The number of aromatic nitrogens is 1. The first-order chi connectivity index (χ1) is 20.0. The number of aldehydes is 1. The Bertz CT molecular complexity index is 1260. The number of nitrogens with two attached hydrogens (primary N) is 4. The van der Waals surface area contributed by atoms with Crippen LogP contribution in [0.1, 0.15) is 51.5 Å². The van der Waals surface area contributed by atoms with Crippen LogP contribution in [0.25, 0.3) is 10.9 Å². The smallest absolute Gasteiger partial charge is 0.243 e. The molecule has 4 amide bonds. The summed E-state index contributed by atoms with van der Waals surface area (Å²) < 4.78 is 0. The van der Waals surface area contributed by atoms with E-state index in [4.69, 9.17) is 22.9 Å². The summed E-state index contributed by atoms with van der Waals surface area (Å²) in [7, 11) is 0. The Labute approximate surface area is 244 Å². The number of rotatable bonds is 18. The van der Waals surface area contributed by atoms with Crippen LogP contribution in [0.4, 0.5) is 0 Å². The molecule has 0 saturated heterocycles. The van der Waals surface area contributed by atoms with Gasteiger partial charge in [0.25, 0.3) is 0 Å². The second kappa shape index (κ2) is 16.7. The lowest BCUT2D eigenvalue weighted by molar-refractivity contribution is -0.134. The minimum Gasteiger partial charge on any atom is -0.370 e. The number of carbonyl (C=O) groups is 5. The zero-order valence-corrected chi connectivity index (χ0v) is 24.1. The van der Waals surface area contributed by atoms with E-state index < -0.39 is 47.8 Å². The summed E-state index contributed by atoms with van der Waals surface area (Å²) in [5, 5.41) is 8.94. The maximum atomic E-state index is 13.5. The van der Waals surface area contributed by atoms with Crippen molar-refractivity contribution in [3.05, 3.63) is 36.0 Å². The molecule has 0 aliphatic heterocycles. The summed E-state index contributed by atoms with van der Waals surface area (Å²) in [5.74, 6) is -2.76. The molecule has 1 heterocycles. The van der Waals surface area contributed by atoms with Crippen LogP contribution < -0.4 is 38.9 Å². The topological polar surface area (TPSA) is 254 Å². The Kier molecular flexibility index (Phi) is 13.4. The zero-order chi connectivity index (χ0) is 31.2. The largest absolute Gasteiger partial charge is 0.370 e. The van der Waals surface area contributed by atoms with Gasteiger partial charge in [0.05, 0.1) is 12.1 Å². The molecular weight excluding hydrogens is 542 g/mol. The third-order valence-corrected chi connectivity index (χ3v) is 7.02. The number of aliphatic imine (C=N–C) groups is 1. The maximum Gasteiger partial charge on any atom is 0.243 e. The number of guanidine groups is 1. The monoisotopic (exact) mass is 585 g/mol. The minimum absolute atomic E-state index is 0.0130. The summed E-state index contributed by atoms with van der Waals surface area (Å²) in [6.07, 6.45) is 3.48. The van der Waals surface area contributed by atoms with Crippen molar-refractivity contribution in [2.24, 2.45) is 33.8 Å². The van der Waals surface area contributed by atoms with Crippen LogP contribution in [0.5, 0.6) is 0 Å². The number of amides is 4. The molecule has 5 atom stereocenters. The number of aromatic amines is 1. The Morgan fingerprint density at radius 3 is 2.36 bits per heavy atom. The molecule has 0 aliphatic rings. The number of hydrogen-bond acceptors (Lipinski definition) is 7. The molecule has 1 aromatic heterocycles. The third-order valence-electron chi connectivity index (χ3n) is 7.02. The third kappa shape index (κ3) is 10.5. The van der Waals surface area contributed by atoms with Crippen LogP contribution in [-0.2, 0) is 30.4 Å². The number of fused-ring (bicyclic) bond motifs is 1. The first-order valence-corrected chi connectivity index (χ1v) is 14.0. The van der Waals surface area contributed by atoms with Crippen molar-refractivity contribution in [2.45, 2.75) is 76.5 Å². The Balaban J connectivity index is 2.15. The van der Waals surface area contributed by atoms with Gasteiger partial charge in [0.15, 0.2) is 5.96 Å². The second-order valence-electron chi connectivity index (χ2n) is 10.3. The lowest BCUT2D eigenvalue weighted by Gasteiger charge is -2.28. The molecule has 12 N–H and O–H groups in total. The lowest BCUT2D eigenvalue weighted by Crippen LogP contribution is -2.58. The number of benzene rings is 1. The maximum absolute atomic E-state index is 13.5. The van der Waals surface area contributed by atoms with Crippen LogP contribution in [0.3, 0.4) is 0 Å². The van der Waals surface area contributed by atoms with E-state index in [2.05, 4.69) is 25.9 Å². The zero-order valence-electron chi connectivity index (χ0n) is 24.1. The van der Waals surface area contributed by atoms with E-state index in [1.165, 1.54) is 0 Å². The summed E-state index contributed by atoms with van der Waals surface area (Å²) in [6.45, 7) is 3.88. The average Bonchev–Trinajstić information content (AvgIpc) is 3.36. The predicted octanol–water partition coefficient (Wildman–Crippen LogP) is -0.944. The van der Waals surface area contributed by atoms with Crippen molar-refractivity contribution < 1.29 is 24.0 Å². The van der Waals surface area contributed by atoms with Gasteiger partial charge in [-0.1, -0.05) is 38.5 Å². The highest BCUT2D eigenvalue weighted by atomic mass is 16.2. The number of hydrogen-bond donors (Lipinski definition) is 8. The standard InChI is InChI=1S/C28H43N9O5/c1-3-16(2)24(37-25(40)20(29)13-17-14-34-21-8-5-4-7-19(17)21)27(42)36-22(9-6-12-33-28(31)32)26(41)35-18(15-38)10-11-23(30)39/h4-5,7-8,14-16,18,20,22,24,34H,3,6,9-13,29H2,1-2H3,(H2,30,39)(H,35,41)(H,36,42)(H,37,40)(H4,31,32,33)/t16-,18-,20-,22-,24-/m0/s1. The van der Waals surface area contributed by atoms with Gasteiger partial charge in [-0.15, -0.1) is 0 Å². The van der Waals surface area contributed by atoms with Crippen LogP contribution in [0, 0.1) is 5.92 Å². The van der Waals surface area contributed by atoms with E-state index in [0.29, 0.717) is 19.1 Å². The van der Waals surface area contributed by atoms with Gasteiger partial charge in [-0.25, -0.2) is 0 Å². The van der Waals surface area contributed by atoms with Gasteiger partial charge in [0.2, 0.25) is 23.6 Å². The lowest BCUT2D eigenvalue weighted by atomic mass is 9.96. The number of para-hydroxylation sites is 1. The van der Waals surface area contributed by atoms with E-state index in [0.717, 1.165) is 16.5 Å². The Morgan fingerprint density at radius 2 is 1.71 bits per heavy atom. The van der Waals surface area contributed by atoms with Crippen molar-refractivity contribution >= 4 is 46.8 Å². The first kappa shape index (κ1) is 33.7. The fraction of sp³-hybridized carbons (Fsp3) is 0.500. The summed E-state index contributed by atoms with van der Waals surface area (Å²) >= 11 is 0. The van der Waals surface area contributed by atoms with Crippen LogP contribution in [-0.4, -0.2) is 71.6 Å². The van der Waals surface area contributed by atoms with Crippen molar-refractivity contribution in [2.75, 3.05) is 6.54 Å². The van der Waals surface area contributed by atoms with Crippen LogP contribution in [0.2, 0.25) is 0 Å². The second-order valence-corrected chi connectivity index (χ2v) is 10.3. The molecule has 0 saturated carbocycles. The fourth-order valence-electron chi connectivity index (χ4n) is 4.38.